The van der Waals surface area contributed by atoms with E-state index in [0.29, 0.717) is 44.5 Å². The molecule has 2 fully saturated rings. The highest BCUT2D eigenvalue weighted by molar-refractivity contribution is 6.00. The molecule has 2 amide bonds. The van der Waals surface area contributed by atoms with Crippen molar-refractivity contribution in [3.63, 3.8) is 0 Å². The maximum Gasteiger partial charge on any atom is 0.227 e. The van der Waals surface area contributed by atoms with E-state index in [1.807, 2.05) is 31.2 Å². The van der Waals surface area contributed by atoms with Gasteiger partial charge >= 0.3 is 0 Å². The first-order valence-electron chi connectivity index (χ1n) is 11.2. The van der Waals surface area contributed by atoms with Gasteiger partial charge in [0.15, 0.2) is 0 Å². The molecule has 1 atom stereocenters. The molecule has 33 heavy (non-hydrogen) atoms. The predicted octanol–water partition coefficient (Wildman–Crippen LogP) is 1.21. The third-order valence-corrected chi connectivity index (χ3v) is 5.74. The van der Waals surface area contributed by atoms with Crippen LogP contribution < -0.4 is 25.2 Å². The number of morpholine rings is 1. The van der Waals surface area contributed by atoms with Crippen molar-refractivity contribution in [1.29, 1.82) is 0 Å². The maximum absolute atomic E-state index is 12.6. The first kappa shape index (κ1) is 22.8. The highest BCUT2D eigenvalue weighted by atomic mass is 16.5. The molecular formula is C23H30N6O4. The number of aryl methyl sites for hydroxylation is 1. The third kappa shape index (κ3) is 5.70. The van der Waals surface area contributed by atoms with E-state index in [-0.39, 0.29) is 24.2 Å². The Morgan fingerprint density at radius 3 is 2.82 bits per heavy atom. The minimum atomic E-state index is -0.383. The molecule has 0 saturated carbocycles. The summed E-state index contributed by atoms with van der Waals surface area (Å²) in [6.45, 7) is 6.18. The average Bonchev–Trinajstić information content (AvgIpc) is 3.23. The van der Waals surface area contributed by atoms with Gasteiger partial charge in [0.25, 0.3) is 0 Å². The second-order valence-corrected chi connectivity index (χ2v) is 8.12. The van der Waals surface area contributed by atoms with Crippen LogP contribution in [0.25, 0.3) is 0 Å². The van der Waals surface area contributed by atoms with E-state index in [1.54, 1.807) is 18.1 Å². The second kappa shape index (κ2) is 10.5. The topological polar surface area (TPSA) is 109 Å². The van der Waals surface area contributed by atoms with Crippen molar-refractivity contribution in [1.82, 2.24) is 15.3 Å². The largest absolute Gasteiger partial charge is 0.497 e. The van der Waals surface area contributed by atoms with Gasteiger partial charge in [-0.2, -0.15) is 4.98 Å². The molecule has 0 radical (unpaired) electrons. The first-order chi connectivity index (χ1) is 16.0. The van der Waals surface area contributed by atoms with Gasteiger partial charge in [-0.3, -0.25) is 9.59 Å². The Morgan fingerprint density at radius 1 is 1.21 bits per heavy atom. The third-order valence-electron chi connectivity index (χ3n) is 5.74. The van der Waals surface area contributed by atoms with Gasteiger partial charge in [0, 0.05) is 62.7 Å². The summed E-state index contributed by atoms with van der Waals surface area (Å²) < 4.78 is 10.6. The van der Waals surface area contributed by atoms with Crippen molar-refractivity contribution < 1.29 is 19.1 Å². The molecule has 1 aromatic carbocycles. The molecule has 10 nitrogen and oxygen atoms in total. The zero-order chi connectivity index (χ0) is 23.2. The van der Waals surface area contributed by atoms with Gasteiger partial charge in [0.05, 0.1) is 26.2 Å². The fourth-order valence-corrected chi connectivity index (χ4v) is 4.00. The standard InChI is InChI=1S/C23H30N6O4/c1-16-12-20(28-8-10-33-11-9-28)27-23(26-16)25-7-6-24-22(31)17-13-21(30)29(15-17)18-4-3-5-19(14-18)32-2/h3-5,12,14,17H,6-11,13,15H2,1-2H3,(H,24,31)(H,25,26,27). The lowest BCUT2D eigenvalue weighted by Gasteiger charge is -2.28. The number of nitrogens with one attached hydrogen (secondary N) is 2. The maximum atomic E-state index is 12.6. The number of amides is 2. The van der Waals surface area contributed by atoms with Crippen molar-refractivity contribution in [3.05, 3.63) is 36.0 Å². The monoisotopic (exact) mass is 454 g/mol. The Kier molecular flexibility index (Phi) is 7.23. The van der Waals surface area contributed by atoms with Gasteiger partial charge in [-0.1, -0.05) is 6.07 Å². The van der Waals surface area contributed by atoms with Gasteiger partial charge in [-0.15, -0.1) is 0 Å². The zero-order valence-corrected chi connectivity index (χ0v) is 19.0. The Labute approximate surface area is 193 Å². The molecule has 0 spiro atoms. The van der Waals surface area contributed by atoms with Crippen LogP contribution in [-0.4, -0.2) is 74.8 Å². The molecule has 2 N–H and O–H groups in total. The highest BCUT2D eigenvalue weighted by Gasteiger charge is 2.35. The number of ether oxygens (including phenoxy) is 2. The number of benzene rings is 1. The number of hydrogen-bond acceptors (Lipinski definition) is 8. The Bertz CT molecular complexity index is 995. The summed E-state index contributed by atoms with van der Waals surface area (Å²) in [6.07, 6.45) is 0.195. The lowest BCUT2D eigenvalue weighted by Crippen LogP contribution is -2.37. The Hall–Kier alpha value is -3.40. The second-order valence-electron chi connectivity index (χ2n) is 8.12. The van der Waals surface area contributed by atoms with E-state index in [4.69, 9.17) is 9.47 Å². The number of aromatic nitrogens is 2. The SMILES string of the molecule is COc1cccc(N2CC(C(=O)NCCNc3nc(C)cc(N4CCOCC4)n3)CC2=O)c1. The highest BCUT2D eigenvalue weighted by Crippen LogP contribution is 2.28. The number of carbonyl (C=O) groups excluding carboxylic acids is 2. The van der Waals surface area contributed by atoms with E-state index in [9.17, 15) is 9.59 Å². The van der Waals surface area contributed by atoms with Gasteiger partial charge in [0.1, 0.15) is 11.6 Å². The van der Waals surface area contributed by atoms with Gasteiger partial charge in [0.2, 0.25) is 17.8 Å². The molecule has 1 aromatic heterocycles. The quantitative estimate of drug-likeness (QED) is 0.573. The number of rotatable bonds is 8. The van der Waals surface area contributed by atoms with Crippen LogP contribution >= 0.6 is 0 Å². The van der Waals surface area contributed by atoms with Crippen LogP contribution in [0.3, 0.4) is 0 Å². The molecule has 2 aromatic rings. The van der Waals surface area contributed by atoms with Crippen LogP contribution in [0.15, 0.2) is 30.3 Å². The van der Waals surface area contributed by atoms with Crippen LogP contribution in [0.2, 0.25) is 0 Å². The fourth-order valence-electron chi connectivity index (χ4n) is 4.00. The molecular weight excluding hydrogens is 424 g/mol. The summed E-state index contributed by atoms with van der Waals surface area (Å²) in [4.78, 5) is 37.9. The summed E-state index contributed by atoms with van der Waals surface area (Å²) in [6, 6.07) is 9.26. The number of anilines is 3. The fraction of sp³-hybridized carbons (Fsp3) is 0.478. The number of methoxy groups -OCH3 is 1. The van der Waals surface area contributed by atoms with Crippen molar-refractivity contribution in [2.24, 2.45) is 5.92 Å². The summed E-state index contributed by atoms with van der Waals surface area (Å²) in [7, 11) is 1.58. The molecule has 2 aliphatic heterocycles. The molecule has 10 heteroatoms. The van der Waals surface area contributed by atoms with E-state index in [2.05, 4.69) is 25.5 Å². The molecule has 0 bridgehead atoms. The molecule has 176 valence electrons. The van der Waals surface area contributed by atoms with Crippen molar-refractivity contribution in [2.45, 2.75) is 13.3 Å². The van der Waals surface area contributed by atoms with Crippen molar-refractivity contribution in [2.75, 3.05) is 68.2 Å². The van der Waals surface area contributed by atoms with Crippen LogP contribution in [0, 0.1) is 12.8 Å². The van der Waals surface area contributed by atoms with E-state index >= 15 is 0 Å². The van der Waals surface area contributed by atoms with Crippen molar-refractivity contribution in [3.8, 4) is 5.75 Å². The number of carbonyl (C=O) groups is 2. The van der Waals surface area contributed by atoms with E-state index < -0.39 is 0 Å². The van der Waals surface area contributed by atoms with Crippen LogP contribution in [-0.2, 0) is 14.3 Å². The lowest BCUT2D eigenvalue weighted by molar-refractivity contribution is -0.126. The lowest BCUT2D eigenvalue weighted by atomic mass is 10.1. The zero-order valence-electron chi connectivity index (χ0n) is 19.0. The predicted molar refractivity (Wildman–Crippen MR) is 125 cm³/mol. The van der Waals surface area contributed by atoms with Gasteiger partial charge in [-0.05, 0) is 19.1 Å². The average molecular weight is 455 g/mol. The number of hydrogen-bond donors (Lipinski definition) is 2. The Balaban J connectivity index is 1.26. The molecule has 2 aliphatic rings. The smallest absolute Gasteiger partial charge is 0.227 e. The van der Waals surface area contributed by atoms with Gasteiger partial charge in [-0.25, -0.2) is 4.98 Å². The molecule has 2 saturated heterocycles. The number of nitrogens with zero attached hydrogens (tertiary/aromatic N) is 4. The minimum absolute atomic E-state index is 0.0645. The minimum Gasteiger partial charge on any atom is -0.497 e. The van der Waals surface area contributed by atoms with E-state index in [1.165, 1.54) is 0 Å². The van der Waals surface area contributed by atoms with Gasteiger partial charge < -0.3 is 29.9 Å². The van der Waals surface area contributed by atoms with Crippen LogP contribution in [0.4, 0.5) is 17.5 Å². The summed E-state index contributed by atoms with van der Waals surface area (Å²) in [5.41, 5.74) is 1.61. The van der Waals surface area contributed by atoms with Crippen molar-refractivity contribution >= 4 is 29.3 Å². The normalized spacial score (nSPS) is 18.4. The first-order valence-corrected chi connectivity index (χ1v) is 11.2. The molecule has 1 unspecified atom stereocenters. The summed E-state index contributed by atoms with van der Waals surface area (Å²) in [5.74, 6) is 1.51. The summed E-state index contributed by atoms with van der Waals surface area (Å²) >= 11 is 0. The molecule has 3 heterocycles. The van der Waals surface area contributed by atoms with Crippen LogP contribution in [0.1, 0.15) is 12.1 Å². The molecule has 4 rings (SSSR count). The van der Waals surface area contributed by atoms with Crippen LogP contribution in [0.5, 0.6) is 5.75 Å². The van der Waals surface area contributed by atoms with E-state index in [0.717, 1.165) is 30.3 Å². The molecule has 0 aliphatic carbocycles. The summed E-state index contributed by atoms with van der Waals surface area (Å²) in [5, 5.41) is 6.10. The Morgan fingerprint density at radius 2 is 2.03 bits per heavy atom.